The second-order valence-corrected chi connectivity index (χ2v) is 8.39. The Morgan fingerprint density at radius 2 is 1.65 bits per heavy atom. The number of aromatic nitrogens is 4. The van der Waals surface area contributed by atoms with E-state index in [0.717, 1.165) is 41.4 Å². The molecule has 0 N–H and O–H groups in total. The number of piperazine rings is 1. The summed E-state index contributed by atoms with van der Waals surface area (Å²) in [7, 11) is 0. The molecular weight excluding hydrogens is 395 g/mol. The number of imidazole rings is 1. The molecule has 31 heavy (non-hydrogen) atoms. The van der Waals surface area contributed by atoms with Crippen LogP contribution in [0.3, 0.4) is 0 Å². The van der Waals surface area contributed by atoms with Crippen LogP contribution in [0.25, 0.3) is 5.82 Å². The molecule has 160 valence electrons. The van der Waals surface area contributed by atoms with Crippen LogP contribution in [0.1, 0.15) is 29.8 Å². The lowest BCUT2D eigenvalue weighted by molar-refractivity contribution is -0.134. The third-order valence-corrected chi connectivity index (χ3v) is 6.58. The van der Waals surface area contributed by atoms with E-state index >= 15 is 0 Å². The number of carbonyl (C=O) groups is 1. The molecule has 1 amide bonds. The molecule has 5 rings (SSSR count). The molecule has 2 fully saturated rings. The Balaban J connectivity index is 1.28. The van der Waals surface area contributed by atoms with Crippen molar-refractivity contribution < 1.29 is 9.18 Å². The fraction of sp³-hybridized carbons (Fsp3) is 0.391. The number of anilines is 1. The van der Waals surface area contributed by atoms with Crippen molar-refractivity contribution in [1.29, 1.82) is 0 Å². The summed E-state index contributed by atoms with van der Waals surface area (Å²) in [6, 6.07) is 8.34. The molecule has 0 bridgehead atoms. The zero-order valence-corrected chi connectivity index (χ0v) is 17.8. The number of hydrogen-bond donors (Lipinski definition) is 0. The van der Waals surface area contributed by atoms with E-state index in [1.165, 1.54) is 12.1 Å². The highest BCUT2D eigenvalue weighted by atomic mass is 19.1. The van der Waals surface area contributed by atoms with Gasteiger partial charge in [0, 0.05) is 37.9 Å². The van der Waals surface area contributed by atoms with E-state index in [2.05, 4.69) is 19.9 Å². The number of nitrogens with zero attached hydrogens (tertiary/aromatic N) is 6. The Morgan fingerprint density at radius 1 is 0.968 bits per heavy atom. The average Bonchev–Trinajstić information content (AvgIpc) is 3.54. The minimum Gasteiger partial charge on any atom is -0.353 e. The Labute approximate surface area is 180 Å². The molecule has 1 saturated carbocycles. The second kappa shape index (κ2) is 7.44. The number of aryl methyl sites for hydroxylation is 1. The molecule has 0 unspecified atom stereocenters. The van der Waals surface area contributed by atoms with Crippen molar-refractivity contribution in [3.8, 4) is 5.82 Å². The third kappa shape index (κ3) is 3.45. The SMILES string of the molecule is Cc1ncn(-c2cc(N3CCN(C(=O)C4(c5ccc(F)cc5)CC4)CC3)ncn2)c1C. The van der Waals surface area contributed by atoms with Crippen LogP contribution in [0.5, 0.6) is 0 Å². The predicted molar refractivity (Wildman–Crippen MR) is 115 cm³/mol. The van der Waals surface area contributed by atoms with Gasteiger partial charge in [-0.3, -0.25) is 9.36 Å². The highest BCUT2D eigenvalue weighted by Gasteiger charge is 2.53. The summed E-state index contributed by atoms with van der Waals surface area (Å²) >= 11 is 0. The van der Waals surface area contributed by atoms with Crippen molar-refractivity contribution in [2.24, 2.45) is 0 Å². The van der Waals surface area contributed by atoms with Crippen molar-refractivity contribution in [1.82, 2.24) is 24.4 Å². The lowest BCUT2D eigenvalue weighted by Crippen LogP contribution is -2.51. The molecule has 0 radical (unpaired) electrons. The molecule has 0 atom stereocenters. The van der Waals surface area contributed by atoms with Crippen molar-refractivity contribution in [2.75, 3.05) is 31.1 Å². The Kier molecular flexibility index (Phi) is 4.72. The predicted octanol–water partition coefficient (Wildman–Crippen LogP) is 2.80. The third-order valence-electron chi connectivity index (χ3n) is 6.58. The van der Waals surface area contributed by atoms with Gasteiger partial charge in [0.2, 0.25) is 5.91 Å². The van der Waals surface area contributed by atoms with Crippen molar-refractivity contribution in [3.05, 3.63) is 65.8 Å². The van der Waals surface area contributed by atoms with E-state index in [4.69, 9.17) is 0 Å². The maximum absolute atomic E-state index is 13.3. The summed E-state index contributed by atoms with van der Waals surface area (Å²) in [5, 5.41) is 0. The average molecular weight is 420 g/mol. The topological polar surface area (TPSA) is 67.2 Å². The molecule has 1 aromatic carbocycles. The molecule has 3 aromatic rings. The van der Waals surface area contributed by atoms with Gasteiger partial charge in [-0.25, -0.2) is 19.3 Å². The number of carbonyl (C=O) groups excluding carboxylic acids is 1. The molecule has 7 nitrogen and oxygen atoms in total. The number of halogens is 1. The number of hydrogen-bond acceptors (Lipinski definition) is 5. The van der Waals surface area contributed by atoms with Crippen LogP contribution < -0.4 is 4.90 Å². The maximum atomic E-state index is 13.3. The van der Waals surface area contributed by atoms with Crippen molar-refractivity contribution in [3.63, 3.8) is 0 Å². The van der Waals surface area contributed by atoms with Crippen LogP contribution in [-0.4, -0.2) is 56.5 Å². The molecule has 3 heterocycles. The Bertz CT molecular complexity index is 1110. The first-order chi connectivity index (χ1) is 15.0. The summed E-state index contributed by atoms with van der Waals surface area (Å²) in [4.78, 5) is 30.6. The van der Waals surface area contributed by atoms with E-state index in [1.54, 1.807) is 24.8 Å². The van der Waals surface area contributed by atoms with Crippen LogP contribution in [0.15, 0.2) is 43.0 Å². The van der Waals surface area contributed by atoms with Gasteiger partial charge in [-0.2, -0.15) is 0 Å². The van der Waals surface area contributed by atoms with E-state index in [1.807, 2.05) is 29.4 Å². The second-order valence-electron chi connectivity index (χ2n) is 8.39. The summed E-state index contributed by atoms with van der Waals surface area (Å²) in [6.45, 7) is 6.70. The van der Waals surface area contributed by atoms with Crippen molar-refractivity contribution in [2.45, 2.75) is 32.1 Å². The number of benzene rings is 1. The zero-order valence-electron chi connectivity index (χ0n) is 17.8. The van der Waals surface area contributed by atoms with Gasteiger partial charge in [0.1, 0.15) is 30.1 Å². The van der Waals surface area contributed by atoms with Gasteiger partial charge in [-0.05, 0) is 44.4 Å². The molecule has 2 aromatic heterocycles. The maximum Gasteiger partial charge on any atom is 0.233 e. The van der Waals surface area contributed by atoms with Crippen LogP contribution >= 0.6 is 0 Å². The Hall–Kier alpha value is -3.29. The lowest BCUT2D eigenvalue weighted by Gasteiger charge is -2.37. The van der Waals surface area contributed by atoms with Gasteiger partial charge in [0.15, 0.2) is 0 Å². The van der Waals surface area contributed by atoms with Crippen LogP contribution in [0.4, 0.5) is 10.2 Å². The van der Waals surface area contributed by atoms with Crippen LogP contribution in [0.2, 0.25) is 0 Å². The first-order valence-electron chi connectivity index (χ1n) is 10.6. The van der Waals surface area contributed by atoms with Gasteiger partial charge in [0.05, 0.1) is 11.1 Å². The fourth-order valence-corrected chi connectivity index (χ4v) is 4.33. The number of rotatable bonds is 4. The normalized spacial score (nSPS) is 17.6. The minimum atomic E-state index is -0.464. The summed E-state index contributed by atoms with van der Waals surface area (Å²) in [5.74, 6) is 1.52. The largest absolute Gasteiger partial charge is 0.353 e. The lowest BCUT2D eigenvalue weighted by atomic mass is 9.94. The molecule has 1 saturated heterocycles. The Morgan fingerprint density at radius 3 is 2.26 bits per heavy atom. The molecule has 0 spiro atoms. The van der Waals surface area contributed by atoms with E-state index in [-0.39, 0.29) is 11.7 Å². The van der Waals surface area contributed by atoms with Crippen LogP contribution in [-0.2, 0) is 10.2 Å². The molecule has 8 heteroatoms. The molecular formula is C23H25FN6O. The van der Waals surface area contributed by atoms with Gasteiger partial charge in [-0.1, -0.05) is 12.1 Å². The standard InChI is InChI=1S/C23H25FN6O/c1-16-17(2)30(15-27-16)21-13-20(25-14-26-21)28-9-11-29(12-10-28)22(31)23(7-8-23)18-3-5-19(24)6-4-18/h3-6,13-15H,7-12H2,1-2H3. The highest BCUT2D eigenvalue weighted by molar-refractivity contribution is 5.91. The smallest absolute Gasteiger partial charge is 0.233 e. The first kappa shape index (κ1) is 19.7. The summed E-state index contributed by atoms with van der Waals surface area (Å²) < 4.78 is 15.3. The van der Waals surface area contributed by atoms with Crippen LogP contribution in [0, 0.1) is 19.7 Å². The van der Waals surface area contributed by atoms with Gasteiger partial charge >= 0.3 is 0 Å². The summed E-state index contributed by atoms with van der Waals surface area (Å²) in [6.07, 6.45) is 5.01. The van der Waals surface area contributed by atoms with Gasteiger partial charge in [-0.15, -0.1) is 0 Å². The first-order valence-corrected chi connectivity index (χ1v) is 10.6. The highest BCUT2D eigenvalue weighted by Crippen LogP contribution is 2.49. The zero-order chi connectivity index (χ0) is 21.6. The van der Waals surface area contributed by atoms with Crippen molar-refractivity contribution >= 4 is 11.7 Å². The minimum absolute atomic E-state index is 0.159. The quantitative estimate of drug-likeness (QED) is 0.649. The van der Waals surface area contributed by atoms with E-state index < -0.39 is 5.41 Å². The summed E-state index contributed by atoms with van der Waals surface area (Å²) in [5.41, 5.74) is 2.49. The number of amides is 1. The fourth-order valence-electron chi connectivity index (χ4n) is 4.33. The van der Waals surface area contributed by atoms with E-state index in [0.29, 0.717) is 26.2 Å². The van der Waals surface area contributed by atoms with E-state index in [9.17, 15) is 9.18 Å². The molecule has 1 aliphatic carbocycles. The molecule has 1 aliphatic heterocycles. The van der Waals surface area contributed by atoms with Gasteiger partial charge < -0.3 is 9.80 Å². The van der Waals surface area contributed by atoms with Gasteiger partial charge in [0.25, 0.3) is 0 Å². The molecule has 2 aliphatic rings. The monoisotopic (exact) mass is 420 g/mol.